The summed E-state index contributed by atoms with van der Waals surface area (Å²) in [6, 6.07) is 0. The van der Waals surface area contributed by atoms with E-state index in [1.165, 1.54) is 0 Å². The van der Waals surface area contributed by atoms with Gasteiger partial charge in [0, 0.05) is 26.2 Å². The van der Waals surface area contributed by atoms with Gasteiger partial charge in [-0.05, 0) is 17.5 Å². The van der Waals surface area contributed by atoms with E-state index in [0.29, 0.717) is 5.65 Å². The molecule has 1 fully saturated rings. The Bertz CT molecular complexity index is 500. The van der Waals surface area contributed by atoms with Gasteiger partial charge >= 0.3 is 0 Å². The van der Waals surface area contributed by atoms with Gasteiger partial charge in [0.05, 0.1) is 12.4 Å². The second-order valence-electron chi connectivity index (χ2n) is 4.14. The van der Waals surface area contributed by atoms with Crippen molar-refractivity contribution in [3.05, 3.63) is 12.4 Å². The van der Waals surface area contributed by atoms with Crippen LogP contribution in [-0.2, 0) is 0 Å². The fraction of sp³-hybridized carbons (Fsp3) is 0.556. The van der Waals surface area contributed by atoms with Gasteiger partial charge < -0.3 is 10.3 Å². The summed E-state index contributed by atoms with van der Waals surface area (Å²) in [4.78, 5) is 6.40. The number of tetrazole rings is 1. The lowest BCUT2D eigenvalue weighted by Gasteiger charge is -2.32. The van der Waals surface area contributed by atoms with Crippen LogP contribution in [0.2, 0.25) is 0 Å². The van der Waals surface area contributed by atoms with E-state index in [1.807, 2.05) is 0 Å². The quantitative estimate of drug-likeness (QED) is 0.721. The number of nitrogens with zero attached hydrogens (tertiary/aromatic N) is 7. The molecule has 17 heavy (non-hydrogen) atoms. The largest absolute Gasteiger partial charge is 0.304 e. The summed E-state index contributed by atoms with van der Waals surface area (Å²) < 4.78 is 1.64. The molecule has 8 nitrogen and oxygen atoms in total. The van der Waals surface area contributed by atoms with Crippen molar-refractivity contribution in [3.8, 4) is 0 Å². The van der Waals surface area contributed by atoms with Crippen molar-refractivity contribution in [2.24, 2.45) is 0 Å². The molecule has 0 spiro atoms. The zero-order valence-electron chi connectivity index (χ0n) is 9.61. The van der Waals surface area contributed by atoms with Crippen LogP contribution in [0.1, 0.15) is 0 Å². The topological polar surface area (TPSA) is 74.5 Å². The number of hydrazine groups is 1. The van der Waals surface area contributed by atoms with Crippen LogP contribution in [0.25, 0.3) is 5.65 Å². The predicted molar refractivity (Wildman–Crippen MR) is 61.3 cm³/mol. The summed E-state index contributed by atoms with van der Waals surface area (Å²) >= 11 is 0. The lowest BCUT2D eigenvalue weighted by molar-refractivity contribution is 0.178. The Hall–Kier alpha value is -1.80. The number of hydrogen-bond acceptors (Lipinski definition) is 7. The predicted octanol–water partition coefficient (Wildman–Crippen LogP) is -0.906. The number of aromatic nitrogens is 5. The Morgan fingerprint density at radius 3 is 2.82 bits per heavy atom. The lowest BCUT2D eigenvalue weighted by atomic mass is 10.4. The number of fused-ring (bicyclic) bond motifs is 1. The molecule has 1 N–H and O–H groups in total. The minimum absolute atomic E-state index is 0.643. The van der Waals surface area contributed by atoms with Gasteiger partial charge in [-0.25, -0.2) is 5.01 Å². The zero-order valence-corrected chi connectivity index (χ0v) is 9.61. The van der Waals surface area contributed by atoms with Crippen LogP contribution in [-0.4, -0.2) is 68.2 Å². The van der Waals surface area contributed by atoms with Crippen LogP contribution in [0.15, 0.2) is 12.4 Å². The van der Waals surface area contributed by atoms with E-state index in [0.717, 1.165) is 32.0 Å². The van der Waals surface area contributed by atoms with Gasteiger partial charge in [-0.15, -0.1) is 5.10 Å². The molecule has 3 rings (SSSR count). The summed E-state index contributed by atoms with van der Waals surface area (Å²) in [5, 5.41) is 13.5. The first-order valence-electron chi connectivity index (χ1n) is 5.55. The number of anilines is 1. The molecule has 1 aliphatic rings. The summed E-state index contributed by atoms with van der Waals surface area (Å²) in [5.74, 6) is 0.789. The van der Waals surface area contributed by atoms with Crippen molar-refractivity contribution in [1.82, 2.24) is 34.9 Å². The molecule has 0 aliphatic carbocycles. The number of likely N-dealkylation sites (N-methyl/N-ethyl adjacent to an activating group) is 1. The SMILES string of the molecule is CN1CCN(Nc2cncc3nnnn23)CC1. The molecule has 0 atom stereocenters. The minimum Gasteiger partial charge on any atom is -0.304 e. The number of hydrogen-bond donors (Lipinski definition) is 1. The van der Waals surface area contributed by atoms with Gasteiger partial charge in [0.25, 0.3) is 0 Å². The molecule has 1 saturated heterocycles. The highest BCUT2D eigenvalue weighted by Crippen LogP contribution is 2.08. The smallest absolute Gasteiger partial charge is 0.199 e. The highest BCUT2D eigenvalue weighted by atomic mass is 15.6. The number of piperazine rings is 1. The molecule has 90 valence electrons. The molecule has 8 heteroatoms. The molecular weight excluding hydrogens is 220 g/mol. The van der Waals surface area contributed by atoms with Gasteiger partial charge in [0.1, 0.15) is 0 Å². The Morgan fingerprint density at radius 2 is 2.00 bits per heavy atom. The fourth-order valence-electron chi connectivity index (χ4n) is 1.83. The Kier molecular flexibility index (Phi) is 2.57. The maximum Gasteiger partial charge on any atom is 0.199 e. The third kappa shape index (κ3) is 2.04. The van der Waals surface area contributed by atoms with Crippen molar-refractivity contribution in [2.45, 2.75) is 0 Å². The van der Waals surface area contributed by atoms with E-state index in [-0.39, 0.29) is 0 Å². The first-order chi connectivity index (χ1) is 8.33. The van der Waals surface area contributed by atoms with Gasteiger partial charge in [-0.3, -0.25) is 4.98 Å². The average Bonchev–Trinajstić information content (AvgIpc) is 2.81. The average molecular weight is 234 g/mol. The van der Waals surface area contributed by atoms with Crippen molar-refractivity contribution >= 4 is 11.5 Å². The maximum absolute atomic E-state index is 4.10. The molecule has 2 aromatic rings. The lowest BCUT2D eigenvalue weighted by Crippen LogP contribution is -2.47. The van der Waals surface area contributed by atoms with Crippen LogP contribution in [0.4, 0.5) is 5.82 Å². The van der Waals surface area contributed by atoms with Crippen LogP contribution in [0, 0.1) is 0 Å². The molecule has 0 radical (unpaired) electrons. The van der Waals surface area contributed by atoms with Gasteiger partial charge in [-0.2, -0.15) is 4.52 Å². The van der Waals surface area contributed by atoms with E-state index in [9.17, 15) is 0 Å². The van der Waals surface area contributed by atoms with Gasteiger partial charge in [-0.1, -0.05) is 0 Å². The molecule has 0 bridgehead atoms. The van der Waals surface area contributed by atoms with Crippen molar-refractivity contribution in [2.75, 3.05) is 38.7 Å². The molecule has 3 heterocycles. The summed E-state index contributed by atoms with van der Waals surface area (Å²) in [5.41, 5.74) is 3.94. The first-order valence-corrected chi connectivity index (χ1v) is 5.55. The van der Waals surface area contributed by atoms with Crippen LogP contribution in [0.3, 0.4) is 0 Å². The molecule has 0 amide bonds. The Morgan fingerprint density at radius 1 is 1.18 bits per heavy atom. The third-order valence-electron chi connectivity index (χ3n) is 2.88. The van der Waals surface area contributed by atoms with E-state index in [1.54, 1.807) is 16.9 Å². The van der Waals surface area contributed by atoms with Crippen molar-refractivity contribution < 1.29 is 0 Å². The Labute approximate surface area is 98.2 Å². The van der Waals surface area contributed by atoms with Crippen LogP contribution >= 0.6 is 0 Å². The monoisotopic (exact) mass is 234 g/mol. The van der Waals surface area contributed by atoms with Crippen molar-refractivity contribution in [3.63, 3.8) is 0 Å². The summed E-state index contributed by atoms with van der Waals surface area (Å²) in [6.45, 7) is 4.03. The number of rotatable bonds is 2. The maximum atomic E-state index is 4.10. The highest BCUT2D eigenvalue weighted by molar-refractivity contribution is 5.42. The Balaban J connectivity index is 1.78. The summed E-state index contributed by atoms with van der Waals surface area (Å²) in [6.07, 6.45) is 3.36. The normalized spacial score (nSPS) is 18.6. The number of nitrogens with one attached hydrogen (secondary N) is 1. The molecule has 0 saturated carbocycles. The second-order valence-corrected chi connectivity index (χ2v) is 4.14. The molecular formula is C9H14N8. The molecule has 0 unspecified atom stereocenters. The fourth-order valence-corrected chi connectivity index (χ4v) is 1.83. The van der Waals surface area contributed by atoms with Crippen molar-refractivity contribution in [1.29, 1.82) is 0 Å². The van der Waals surface area contributed by atoms with E-state index in [4.69, 9.17) is 0 Å². The van der Waals surface area contributed by atoms with Gasteiger partial charge in [0.2, 0.25) is 0 Å². The van der Waals surface area contributed by atoms with E-state index >= 15 is 0 Å². The van der Waals surface area contributed by atoms with Crippen LogP contribution < -0.4 is 5.43 Å². The first kappa shape index (κ1) is 10.4. The van der Waals surface area contributed by atoms with Crippen LogP contribution in [0.5, 0.6) is 0 Å². The zero-order chi connectivity index (χ0) is 11.7. The molecule has 0 aromatic carbocycles. The second kappa shape index (κ2) is 4.22. The van der Waals surface area contributed by atoms with E-state index in [2.05, 4.69) is 42.9 Å². The summed E-state index contributed by atoms with van der Waals surface area (Å²) in [7, 11) is 2.13. The third-order valence-corrected chi connectivity index (χ3v) is 2.88. The molecule has 2 aromatic heterocycles. The van der Waals surface area contributed by atoms with Gasteiger partial charge in [0.15, 0.2) is 11.5 Å². The van der Waals surface area contributed by atoms with E-state index < -0.39 is 0 Å². The standard InChI is InChI=1S/C9H14N8/c1-15-2-4-16(5-3-15)12-9-7-10-6-8-11-13-14-17(8)9/h6-7,12H,2-5H2,1H3. The molecule has 1 aliphatic heterocycles. The minimum atomic E-state index is 0.643. The highest BCUT2D eigenvalue weighted by Gasteiger charge is 2.14.